The molecule has 7 heteroatoms. The van der Waals surface area contributed by atoms with Gasteiger partial charge >= 0.3 is 17.8 Å². The Kier molecular flexibility index (Phi) is 3.70. The summed E-state index contributed by atoms with van der Waals surface area (Å²) in [5.41, 5.74) is -0.413. The Hall–Kier alpha value is -1.47. The van der Waals surface area contributed by atoms with Gasteiger partial charge in [-0.3, -0.25) is 9.59 Å². The molecule has 4 aliphatic carbocycles. The van der Waals surface area contributed by atoms with Crippen LogP contribution in [0.25, 0.3) is 0 Å². The number of urea groups is 1. The van der Waals surface area contributed by atoms with Crippen molar-refractivity contribution in [1.82, 2.24) is 9.80 Å². The van der Waals surface area contributed by atoms with E-state index in [9.17, 15) is 19.5 Å². The predicted octanol–water partition coefficient (Wildman–Crippen LogP) is -0.257. The van der Waals surface area contributed by atoms with Crippen molar-refractivity contribution in [1.29, 1.82) is 0 Å². The van der Waals surface area contributed by atoms with E-state index in [1.54, 1.807) is 0 Å². The smallest absolute Gasteiger partial charge is 0.339 e. The highest BCUT2D eigenvalue weighted by Gasteiger charge is 2.61. The summed E-state index contributed by atoms with van der Waals surface area (Å²) in [6.45, 7) is 1.55. The lowest BCUT2D eigenvalue weighted by atomic mass is 9.52. The van der Waals surface area contributed by atoms with Crippen LogP contribution in [0.2, 0.25) is 0 Å². The second-order valence-electron chi connectivity index (χ2n) is 9.46. The lowest BCUT2D eigenvalue weighted by Crippen LogP contribution is -3.15. The number of aliphatic hydroxyl groups is 1. The van der Waals surface area contributed by atoms with Gasteiger partial charge < -0.3 is 10.0 Å². The maximum atomic E-state index is 13.1. The summed E-state index contributed by atoms with van der Waals surface area (Å²) < 4.78 is 0. The first-order chi connectivity index (χ1) is 12.4. The number of piperidine rings is 1. The van der Waals surface area contributed by atoms with Crippen LogP contribution in [0, 0.1) is 17.8 Å². The molecule has 26 heavy (non-hydrogen) atoms. The van der Waals surface area contributed by atoms with Crippen LogP contribution in [0.15, 0.2) is 0 Å². The van der Waals surface area contributed by atoms with Crippen molar-refractivity contribution < 1.29 is 24.4 Å². The van der Waals surface area contributed by atoms with Crippen LogP contribution < -0.4 is 4.90 Å². The van der Waals surface area contributed by atoms with E-state index >= 15 is 0 Å². The molecular formula is C19H28N3O4+. The molecule has 4 saturated carbocycles. The molecule has 2 saturated heterocycles. The molecule has 4 bridgehead atoms. The molecule has 142 valence electrons. The molecule has 6 fully saturated rings. The first-order valence-electron chi connectivity index (χ1n) is 10.2. The number of quaternary nitrogens is 1. The molecule has 0 aromatic heterocycles. The third-order valence-corrected chi connectivity index (χ3v) is 7.51. The summed E-state index contributed by atoms with van der Waals surface area (Å²) >= 11 is 0. The van der Waals surface area contributed by atoms with E-state index in [0.29, 0.717) is 24.3 Å². The third kappa shape index (κ3) is 2.43. The van der Waals surface area contributed by atoms with Crippen LogP contribution in [0.3, 0.4) is 0 Å². The number of nitrogens with one attached hydrogen (secondary N) is 1. The number of aliphatic hydroxyl groups excluding tert-OH is 1. The normalized spacial score (nSPS) is 45.1. The van der Waals surface area contributed by atoms with E-state index in [4.69, 9.17) is 0 Å². The lowest BCUT2D eigenvalue weighted by Gasteiger charge is -2.58. The zero-order valence-corrected chi connectivity index (χ0v) is 15.2. The topological polar surface area (TPSA) is 82.4 Å². The Morgan fingerprint density at radius 1 is 1.00 bits per heavy atom. The molecule has 0 aromatic carbocycles. The minimum absolute atomic E-state index is 0.198. The fraction of sp³-hybridized carbons (Fsp3) is 0.842. The van der Waals surface area contributed by atoms with E-state index in [1.165, 1.54) is 24.2 Å². The maximum absolute atomic E-state index is 13.1. The number of amides is 4. The quantitative estimate of drug-likeness (QED) is 0.536. The third-order valence-electron chi connectivity index (χ3n) is 7.51. The lowest BCUT2D eigenvalue weighted by molar-refractivity contribution is -0.915. The van der Waals surface area contributed by atoms with Gasteiger partial charge in [0, 0.05) is 0 Å². The Morgan fingerprint density at radius 3 is 2.19 bits per heavy atom. The monoisotopic (exact) mass is 362 g/mol. The van der Waals surface area contributed by atoms with Gasteiger partial charge in [-0.05, 0) is 69.1 Å². The van der Waals surface area contributed by atoms with E-state index in [0.717, 1.165) is 48.4 Å². The van der Waals surface area contributed by atoms with Crippen LogP contribution in [-0.4, -0.2) is 64.2 Å². The van der Waals surface area contributed by atoms with Gasteiger partial charge in [0.1, 0.15) is 12.6 Å². The van der Waals surface area contributed by atoms with Gasteiger partial charge in [-0.2, -0.15) is 0 Å². The molecule has 1 unspecified atom stereocenters. The average Bonchev–Trinajstić information content (AvgIpc) is 2.78. The second-order valence-corrected chi connectivity index (χ2v) is 9.46. The molecule has 4 amide bonds. The highest BCUT2D eigenvalue weighted by Crippen LogP contribution is 2.58. The first kappa shape index (κ1) is 16.7. The summed E-state index contributed by atoms with van der Waals surface area (Å²) in [6, 6.07) is -0.408. The zero-order chi connectivity index (χ0) is 18.1. The van der Waals surface area contributed by atoms with Crippen molar-refractivity contribution in [3.05, 3.63) is 0 Å². The summed E-state index contributed by atoms with van der Waals surface area (Å²) in [4.78, 5) is 42.1. The summed E-state index contributed by atoms with van der Waals surface area (Å²) in [5, 5.41) is 9.86. The number of rotatable bonds is 3. The highest BCUT2D eigenvalue weighted by molar-refractivity contribution is 6.44. The molecule has 2 aliphatic heterocycles. The van der Waals surface area contributed by atoms with Gasteiger partial charge in [0.2, 0.25) is 0 Å². The van der Waals surface area contributed by atoms with Crippen molar-refractivity contribution in [2.75, 3.05) is 19.8 Å². The molecule has 2 heterocycles. The number of carbonyl (C=O) groups is 3. The Labute approximate surface area is 153 Å². The minimum Gasteiger partial charge on any atom is -0.387 e. The molecule has 0 spiro atoms. The number of hydrogen-bond acceptors (Lipinski definition) is 4. The second kappa shape index (κ2) is 5.76. The maximum Gasteiger partial charge on any atom is 0.339 e. The van der Waals surface area contributed by atoms with Gasteiger partial charge in [0.15, 0.2) is 6.67 Å². The van der Waals surface area contributed by atoms with Gasteiger partial charge in [-0.1, -0.05) is 0 Å². The van der Waals surface area contributed by atoms with Gasteiger partial charge in [0.25, 0.3) is 0 Å². The van der Waals surface area contributed by atoms with Crippen LogP contribution in [0.4, 0.5) is 4.79 Å². The fourth-order valence-electron chi connectivity index (χ4n) is 6.89. The number of carbonyl (C=O) groups excluding carboxylic acids is 3. The highest BCUT2D eigenvalue weighted by atomic mass is 16.3. The number of likely N-dealkylation sites (tertiary alicyclic amines) is 1. The number of hydrogen-bond donors (Lipinski definition) is 2. The Balaban J connectivity index is 1.38. The Bertz CT molecular complexity index is 628. The van der Waals surface area contributed by atoms with Gasteiger partial charge in [-0.25, -0.2) is 14.6 Å². The molecule has 6 aliphatic rings. The standard InChI is InChI=1S/C19H27N3O4/c23-15-2-1-3-20(10-15)11-21-16(24)17(25)22(18(21)26)19-7-12-4-13(8-19)6-14(5-12)9-19/h12-15,23H,1-11H2/p+1/t12?,13?,14?,15-,19?/m1/s1. The van der Waals surface area contributed by atoms with E-state index in [-0.39, 0.29) is 12.8 Å². The van der Waals surface area contributed by atoms with Crippen molar-refractivity contribution in [3.63, 3.8) is 0 Å². The molecular weight excluding hydrogens is 334 g/mol. The van der Waals surface area contributed by atoms with E-state index in [2.05, 4.69) is 0 Å². The average molecular weight is 362 g/mol. The SMILES string of the molecule is O=C1C(=O)N(C23CC4CC(CC(C4)C2)C3)C(=O)N1C[NH+]1CCC[C@@H](O)C1. The minimum atomic E-state index is -0.668. The largest absolute Gasteiger partial charge is 0.387 e. The summed E-state index contributed by atoms with van der Waals surface area (Å²) in [7, 11) is 0. The fourth-order valence-corrected chi connectivity index (χ4v) is 6.89. The molecule has 6 rings (SSSR count). The molecule has 7 nitrogen and oxygen atoms in total. The van der Waals surface area contributed by atoms with Gasteiger partial charge in [-0.15, -0.1) is 0 Å². The van der Waals surface area contributed by atoms with Crippen molar-refractivity contribution >= 4 is 17.8 Å². The van der Waals surface area contributed by atoms with Crippen molar-refractivity contribution in [3.8, 4) is 0 Å². The number of nitrogens with zero attached hydrogens (tertiary/aromatic N) is 2. The van der Waals surface area contributed by atoms with Gasteiger partial charge in [0.05, 0.1) is 12.1 Å². The van der Waals surface area contributed by atoms with Crippen LogP contribution >= 0.6 is 0 Å². The van der Waals surface area contributed by atoms with Crippen molar-refractivity contribution in [2.45, 2.75) is 63.0 Å². The van der Waals surface area contributed by atoms with E-state index in [1.807, 2.05) is 0 Å². The van der Waals surface area contributed by atoms with Crippen LogP contribution in [0.1, 0.15) is 51.4 Å². The van der Waals surface area contributed by atoms with Crippen molar-refractivity contribution in [2.24, 2.45) is 17.8 Å². The predicted molar refractivity (Wildman–Crippen MR) is 90.8 cm³/mol. The van der Waals surface area contributed by atoms with Crippen LogP contribution in [0.5, 0.6) is 0 Å². The molecule has 0 radical (unpaired) electrons. The zero-order valence-electron chi connectivity index (χ0n) is 15.2. The van der Waals surface area contributed by atoms with Crippen LogP contribution in [-0.2, 0) is 9.59 Å². The van der Waals surface area contributed by atoms with E-state index < -0.39 is 23.4 Å². The molecule has 0 aromatic rings. The Morgan fingerprint density at radius 2 is 1.62 bits per heavy atom. The molecule has 2 atom stereocenters. The summed E-state index contributed by atoms with van der Waals surface area (Å²) in [6.07, 6.45) is 7.58. The summed E-state index contributed by atoms with van der Waals surface area (Å²) in [5.74, 6) is 0.531. The first-order valence-corrected chi connectivity index (χ1v) is 10.2. The molecule has 2 N–H and O–H groups in total. The number of imide groups is 2.